The molecule has 0 amide bonds. The van der Waals surface area contributed by atoms with Crippen molar-refractivity contribution < 1.29 is 13.2 Å². The van der Waals surface area contributed by atoms with E-state index in [1.165, 1.54) is 12.1 Å². The summed E-state index contributed by atoms with van der Waals surface area (Å²) in [5.41, 5.74) is 6.01. The van der Waals surface area contributed by atoms with Gasteiger partial charge >= 0.3 is 0 Å². The van der Waals surface area contributed by atoms with Gasteiger partial charge in [0, 0.05) is 30.1 Å². The third-order valence-corrected chi connectivity index (χ3v) is 6.14. The minimum atomic E-state index is -3.60. The molecule has 5 nitrogen and oxygen atoms in total. The Morgan fingerprint density at radius 2 is 2.14 bits per heavy atom. The highest BCUT2D eigenvalue weighted by atomic mass is 35.5. The molecule has 3 N–H and O–H groups in total. The minimum absolute atomic E-state index is 0.0633. The molecule has 21 heavy (non-hydrogen) atoms. The van der Waals surface area contributed by atoms with E-state index in [0.717, 1.165) is 5.56 Å². The fourth-order valence-electron chi connectivity index (χ4n) is 2.60. The zero-order valence-corrected chi connectivity index (χ0v) is 14.0. The van der Waals surface area contributed by atoms with Crippen LogP contribution in [0.25, 0.3) is 0 Å². The lowest BCUT2D eigenvalue weighted by Crippen LogP contribution is -2.61. The van der Waals surface area contributed by atoms with Gasteiger partial charge in [-0.15, -0.1) is 0 Å². The van der Waals surface area contributed by atoms with Crippen molar-refractivity contribution in [2.75, 3.05) is 7.11 Å². The Balaban J connectivity index is 2.18. The van der Waals surface area contributed by atoms with Crippen LogP contribution in [0.5, 0.6) is 0 Å². The summed E-state index contributed by atoms with van der Waals surface area (Å²) >= 11 is 6.03. The molecule has 1 aromatic rings. The van der Waals surface area contributed by atoms with E-state index in [0.29, 0.717) is 11.4 Å². The van der Waals surface area contributed by atoms with E-state index >= 15 is 0 Å². The second-order valence-corrected chi connectivity index (χ2v) is 8.03. The number of hydrogen-bond donors (Lipinski definition) is 2. The van der Waals surface area contributed by atoms with Crippen LogP contribution < -0.4 is 10.5 Å². The molecule has 2 rings (SSSR count). The fraction of sp³-hybridized carbons (Fsp3) is 0.571. The maximum Gasteiger partial charge on any atom is 0.240 e. The van der Waals surface area contributed by atoms with Crippen LogP contribution in [-0.4, -0.2) is 27.7 Å². The van der Waals surface area contributed by atoms with E-state index in [1.807, 2.05) is 13.8 Å². The van der Waals surface area contributed by atoms with E-state index in [-0.39, 0.29) is 29.0 Å². The van der Waals surface area contributed by atoms with Crippen molar-refractivity contribution in [1.82, 2.24) is 4.72 Å². The van der Waals surface area contributed by atoms with Gasteiger partial charge in [0.2, 0.25) is 10.0 Å². The Morgan fingerprint density at radius 1 is 1.48 bits per heavy atom. The van der Waals surface area contributed by atoms with Gasteiger partial charge in [-0.3, -0.25) is 0 Å². The Kier molecular flexibility index (Phi) is 4.66. The third kappa shape index (κ3) is 3.10. The summed E-state index contributed by atoms with van der Waals surface area (Å²) in [6.45, 7) is 4.25. The summed E-state index contributed by atoms with van der Waals surface area (Å²) in [6, 6.07) is 4.45. The maximum atomic E-state index is 12.4. The first-order chi connectivity index (χ1) is 9.72. The summed E-state index contributed by atoms with van der Waals surface area (Å²) in [5, 5.41) is 0.364. The van der Waals surface area contributed by atoms with Gasteiger partial charge in [-0.2, -0.15) is 0 Å². The molecule has 2 atom stereocenters. The van der Waals surface area contributed by atoms with Crippen molar-refractivity contribution in [1.29, 1.82) is 0 Å². The topological polar surface area (TPSA) is 81.4 Å². The molecule has 0 aromatic heterocycles. The number of hydrogen-bond acceptors (Lipinski definition) is 4. The molecular weight excluding hydrogens is 312 g/mol. The van der Waals surface area contributed by atoms with Gasteiger partial charge in [0.15, 0.2) is 0 Å². The summed E-state index contributed by atoms with van der Waals surface area (Å²) in [5.74, 6) is 0. The van der Waals surface area contributed by atoms with Crippen molar-refractivity contribution in [3.05, 3.63) is 28.8 Å². The predicted octanol–water partition coefficient (Wildman–Crippen LogP) is 1.89. The van der Waals surface area contributed by atoms with Crippen LogP contribution in [0.3, 0.4) is 0 Å². The van der Waals surface area contributed by atoms with E-state index < -0.39 is 10.0 Å². The lowest BCUT2D eigenvalue weighted by Gasteiger charge is -2.50. The van der Waals surface area contributed by atoms with Crippen LogP contribution in [0.1, 0.15) is 25.8 Å². The van der Waals surface area contributed by atoms with Gasteiger partial charge in [-0.25, -0.2) is 13.1 Å². The number of rotatable bonds is 5. The number of nitrogens with two attached hydrogens (primary N) is 1. The highest BCUT2D eigenvalue weighted by molar-refractivity contribution is 7.89. The first kappa shape index (κ1) is 16.7. The molecule has 1 saturated carbocycles. The van der Waals surface area contributed by atoms with Crippen LogP contribution in [0.15, 0.2) is 23.1 Å². The number of sulfonamides is 1. The van der Waals surface area contributed by atoms with E-state index in [1.54, 1.807) is 13.2 Å². The Morgan fingerprint density at radius 3 is 2.62 bits per heavy atom. The molecule has 0 aliphatic heterocycles. The second kappa shape index (κ2) is 5.85. The SMILES string of the molecule is COC1CC(NS(=O)(=O)c2ccc(CN)c(Cl)c2)C1(C)C. The van der Waals surface area contributed by atoms with Crippen molar-refractivity contribution in [3.63, 3.8) is 0 Å². The Hall–Kier alpha value is -0.660. The molecule has 2 unspecified atom stereocenters. The molecular formula is C14H21ClN2O3S. The molecule has 0 saturated heterocycles. The lowest BCUT2D eigenvalue weighted by molar-refractivity contribution is -0.0908. The average Bonchev–Trinajstić information content (AvgIpc) is 2.42. The smallest absolute Gasteiger partial charge is 0.240 e. The first-order valence-corrected chi connectivity index (χ1v) is 8.62. The number of benzene rings is 1. The van der Waals surface area contributed by atoms with Crippen LogP contribution in [-0.2, 0) is 21.3 Å². The van der Waals surface area contributed by atoms with Crippen LogP contribution in [0, 0.1) is 5.41 Å². The summed E-state index contributed by atoms with van der Waals surface area (Å²) < 4.78 is 32.9. The number of halogens is 1. The van der Waals surface area contributed by atoms with Gasteiger partial charge < -0.3 is 10.5 Å². The normalized spacial score (nSPS) is 24.6. The van der Waals surface area contributed by atoms with Crippen molar-refractivity contribution >= 4 is 21.6 Å². The molecule has 1 fully saturated rings. The van der Waals surface area contributed by atoms with Crippen LogP contribution in [0.4, 0.5) is 0 Å². The second-order valence-electron chi connectivity index (χ2n) is 5.91. The molecule has 0 spiro atoms. The fourth-order valence-corrected chi connectivity index (χ4v) is 4.35. The average molecular weight is 333 g/mol. The Labute approximate surface area is 130 Å². The predicted molar refractivity (Wildman–Crippen MR) is 82.6 cm³/mol. The highest BCUT2D eigenvalue weighted by Gasteiger charge is 2.50. The molecule has 7 heteroatoms. The molecule has 1 aliphatic rings. The largest absolute Gasteiger partial charge is 0.381 e. The summed E-state index contributed by atoms with van der Waals surface area (Å²) in [7, 11) is -1.96. The minimum Gasteiger partial charge on any atom is -0.381 e. The number of nitrogens with one attached hydrogen (secondary N) is 1. The third-order valence-electron chi connectivity index (χ3n) is 4.31. The highest BCUT2D eigenvalue weighted by Crippen LogP contribution is 2.43. The Bertz CT molecular complexity index is 631. The van der Waals surface area contributed by atoms with Gasteiger partial charge in [-0.05, 0) is 24.1 Å². The standard InChI is InChI=1S/C14H21ClN2O3S/c1-14(2)12(7-13(14)20-3)17-21(18,19)10-5-4-9(8-16)11(15)6-10/h4-6,12-13,17H,7-8,16H2,1-3H3. The monoisotopic (exact) mass is 332 g/mol. The first-order valence-electron chi connectivity index (χ1n) is 6.76. The van der Waals surface area contributed by atoms with Crippen molar-refractivity contribution in [2.45, 2.75) is 43.9 Å². The van der Waals surface area contributed by atoms with Gasteiger partial charge in [0.05, 0.1) is 11.0 Å². The van der Waals surface area contributed by atoms with Crippen molar-refractivity contribution in [2.24, 2.45) is 11.1 Å². The van der Waals surface area contributed by atoms with E-state index in [2.05, 4.69) is 4.72 Å². The maximum absolute atomic E-state index is 12.4. The lowest BCUT2D eigenvalue weighted by atomic mass is 9.65. The number of ether oxygens (including phenoxy) is 1. The van der Waals surface area contributed by atoms with Gasteiger partial charge in [0.1, 0.15) is 0 Å². The van der Waals surface area contributed by atoms with E-state index in [4.69, 9.17) is 22.1 Å². The van der Waals surface area contributed by atoms with Gasteiger partial charge in [-0.1, -0.05) is 31.5 Å². The van der Waals surface area contributed by atoms with Gasteiger partial charge in [0.25, 0.3) is 0 Å². The molecule has 0 bridgehead atoms. The number of methoxy groups -OCH3 is 1. The quantitative estimate of drug-likeness (QED) is 0.862. The van der Waals surface area contributed by atoms with Crippen molar-refractivity contribution in [3.8, 4) is 0 Å². The molecule has 1 aromatic carbocycles. The summed E-state index contributed by atoms with van der Waals surface area (Å²) in [4.78, 5) is 0.154. The zero-order chi connectivity index (χ0) is 15.8. The molecule has 0 radical (unpaired) electrons. The molecule has 0 heterocycles. The summed E-state index contributed by atoms with van der Waals surface area (Å²) in [6.07, 6.45) is 0.727. The van der Waals surface area contributed by atoms with E-state index in [9.17, 15) is 8.42 Å². The van der Waals surface area contributed by atoms with Crippen LogP contribution in [0.2, 0.25) is 5.02 Å². The zero-order valence-electron chi connectivity index (χ0n) is 12.4. The van der Waals surface area contributed by atoms with Crippen LogP contribution >= 0.6 is 11.6 Å². The molecule has 118 valence electrons. The molecule has 1 aliphatic carbocycles.